The zero-order valence-corrected chi connectivity index (χ0v) is 21.3. The molecule has 0 spiro atoms. The quantitative estimate of drug-likeness (QED) is 0.182. The Hall–Kier alpha value is -6.16. The smallest absolute Gasteiger partial charge is 0.336 e. The van der Waals surface area contributed by atoms with Crippen LogP contribution >= 0.6 is 0 Å². The summed E-state index contributed by atoms with van der Waals surface area (Å²) in [5.74, 6) is -6.68. The molecule has 206 valence electrons. The third-order valence-corrected chi connectivity index (χ3v) is 6.88. The molecule has 0 heterocycles. The van der Waals surface area contributed by atoms with Gasteiger partial charge in [0.2, 0.25) is 0 Å². The molecular weight excluding hydrogens is 544 g/mol. The monoisotopic (exact) mass is 562 g/mol. The van der Waals surface area contributed by atoms with E-state index in [-0.39, 0.29) is 66.1 Å². The summed E-state index contributed by atoms with van der Waals surface area (Å²) in [6, 6.07) is 18.6. The van der Waals surface area contributed by atoms with E-state index in [1.54, 1.807) is 0 Å². The largest absolute Gasteiger partial charge is 0.478 e. The van der Waals surface area contributed by atoms with E-state index in [1.807, 2.05) is 0 Å². The normalized spacial score (nSPS) is 10.9. The van der Waals surface area contributed by atoms with Gasteiger partial charge >= 0.3 is 23.9 Å². The van der Waals surface area contributed by atoms with Gasteiger partial charge in [-0.05, 0) is 53.2 Å². The molecule has 0 fully saturated rings. The van der Waals surface area contributed by atoms with E-state index in [0.717, 1.165) is 12.1 Å². The van der Waals surface area contributed by atoms with Crippen molar-refractivity contribution in [3.63, 3.8) is 0 Å². The third-order valence-electron chi connectivity index (χ3n) is 6.88. The molecule has 0 aliphatic rings. The molecule has 0 aliphatic carbocycles. The van der Waals surface area contributed by atoms with Crippen LogP contribution in [0.3, 0.4) is 0 Å². The van der Waals surface area contributed by atoms with Crippen molar-refractivity contribution >= 4 is 57.0 Å². The number of aromatic carboxylic acids is 4. The van der Waals surface area contributed by atoms with E-state index < -0.39 is 35.4 Å². The minimum absolute atomic E-state index is 0.0186. The van der Waals surface area contributed by atoms with Crippen molar-refractivity contribution in [1.82, 2.24) is 0 Å². The number of carbonyl (C=O) groups is 6. The fraction of sp³-hybridized carbons (Fsp3) is 0. The lowest BCUT2D eigenvalue weighted by atomic mass is 9.89. The van der Waals surface area contributed by atoms with Crippen LogP contribution in [0.5, 0.6) is 0 Å². The summed E-state index contributed by atoms with van der Waals surface area (Å²) in [6.07, 6.45) is 0. The highest BCUT2D eigenvalue weighted by Crippen LogP contribution is 2.31. The van der Waals surface area contributed by atoms with Gasteiger partial charge in [-0.3, -0.25) is 9.59 Å². The maximum Gasteiger partial charge on any atom is 0.336 e. The van der Waals surface area contributed by atoms with Crippen molar-refractivity contribution in [1.29, 1.82) is 0 Å². The van der Waals surface area contributed by atoms with Gasteiger partial charge in [-0.15, -0.1) is 0 Å². The van der Waals surface area contributed by atoms with Crippen LogP contribution in [-0.4, -0.2) is 55.9 Å². The number of hydrogen-bond donors (Lipinski definition) is 4. The van der Waals surface area contributed by atoms with E-state index in [4.69, 9.17) is 0 Å². The molecule has 42 heavy (non-hydrogen) atoms. The molecule has 0 aliphatic heterocycles. The lowest BCUT2D eigenvalue weighted by molar-refractivity contribution is 0.0681. The minimum Gasteiger partial charge on any atom is -0.478 e. The Kier molecular flexibility index (Phi) is 6.81. The van der Waals surface area contributed by atoms with Crippen LogP contribution in [0.4, 0.5) is 0 Å². The van der Waals surface area contributed by atoms with E-state index >= 15 is 0 Å². The zero-order valence-electron chi connectivity index (χ0n) is 21.3. The van der Waals surface area contributed by atoms with Crippen molar-refractivity contribution in [3.8, 4) is 0 Å². The standard InChI is InChI=1S/C32H18O10/c33-27(19-10-12-23(31(39)40)25-17(19)6-2-8-21(25)29(35)36)15-4-1-5-16(14-15)28(34)20-11-13-24(32(41)42)26-18(20)7-3-9-22(26)30(37)38/h1-14H,(H,35,36)(H,37,38)(H,39,40)(H,41,42). The topological polar surface area (TPSA) is 183 Å². The van der Waals surface area contributed by atoms with Crippen LogP contribution in [0.15, 0.2) is 84.9 Å². The van der Waals surface area contributed by atoms with Gasteiger partial charge in [0.1, 0.15) is 0 Å². The molecular formula is C32H18O10. The molecule has 0 bridgehead atoms. The third kappa shape index (κ3) is 4.52. The first-order valence-corrected chi connectivity index (χ1v) is 12.2. The van der Waals surface area contributed by atoms with Crippen LogP contribution in [-0.2, 0) is 0 Å². The number of hydrogen-bond acceptors (Lipinski definition) is 6. The summed E-state index contributed by atoms with van der Waals surface area (Å²) in [5.41, 5.74) is -1.04. The number of fused-ring (bicyclic) bond motifs is 2. The molecule has 0 radical (unpaired) electrons. The predicted molar refractivity (Wildman–Crippen MR) is 149 cm³/mol. The van der Waals surface area contributed by atoms with Gasteiger partial charge in [0.15, 0.2) is 11.6 Å². The van der Waals surface area contributed by atoms with Crippen LogP contribution < -0.4 is 0 Å². The molecule has 5 aromatic rings. The molecule has 0 unspecified atom stereocenters. The van der Waals surface area contributed by atoms with Crippen LogP contribution in [0.1, 0.15) is 73.3 Å². The van der Waals surface area contributed by atoms with Crippen molar-refractivity contribution in [3.05, 3.63) is 129 Å². The summed E-state index contributed by atoms with van der Waals surface area (Å²) in [5, 5.41) is 38.5. The number of benzene rings is 5. The molecule has 0 atom stereocenters. The Morgan fingerprint density at radius 3 is 1.05 bits per heavy atom. The molecule has 5 aromatic carbocycles. The SMILES string of the molecule is O=C(c1cccc(C(=O)c2ccc(C(=O)O)c3c(C(=O)O)cccc23)c1)c1ccc(C(=O)O)c2c(C(=O)O)cccc12. The molecule has 4 N–H and O–H groups in total. The average Bonchev–Trinajstić information content (AvgIpc) is 2.98. The second kappa shape index (κ2) is 10.4. The first kappa shape index (κ1) is 27.4. The second-order valence-corrected chi connectivity index (χ2v) is 9.24. The molecule has 0 aromatic heterocycles. The lowest BCUT2D eigenvalue weighted by Gasteiger charge is -2.13. The molecule has 0 amide bonds. The second-order valence-electron chi connectivity index (χ2n) is 9.24. The Morgan fingerprint density at radius 2 is 0.690 bits per heavy atom. The van der Waals surface area contributed by atoms with Crippen molar-refractivity contribution in [2.24, 2.45) is 0 Å². The summed E-state index contributed by atoms with van der Waals surface area (Å²) in [7, 11) is 0. The summed E-state index contributed by atoms with van der Waals surface area (Å²) >= 11 is 0. The fourth-order valence-corrected chi connectivity index (χ4v) is 5.03. The number of carboxylic acid groups (broad SMARTS) is 4. The number of rotatable bonds is 8. The highest BCUT2D eigenvalue weighted by molar-refractivity contribution is 6.24. The maximum atomic E-state index is 13.6. The van der Waals surface area contributed by atoms with E-state index in [9.17, 15) is 49.2 Å². The van der Waals surface area contributed by atoms with E-state index in [0.29, 0.717) is 0 Å². The molecule has 10 heteroatoms. The Morgan fingerprint density at radius 1 is 0.381 bits per heavy atom. The molecule has 0 saturated carbocycles. The van der Waals surface area contributed by atoms with Crippen molar-refractivity contribution in [2.45, 2.75) is 0 Å². The van der Waals surface area contributed by atoms with Gasteiger partial charge in [0, 0.05) is 33.0 Å². The first-order valence-electron chi connectivity index (χ1n) is 12.2. The Balaban J connectivity index is 1.64. The van der Waals surface area contributed by atoms with Gasteiger partial charge in [0.25, 0.3) is 0 Å². The highest BCUT2D eigenvalue weighted by atomic mass is 16.4. The van der Waals surface area contributed by atoms with Crippen molar-refractivity contribution < 1.29 is 49.2 Å². The summed E-state index contributed by atoms with van der Waals surface area (Å²) in [6.45, 7) is 0. The van der Waals surface area contributed by atoms with Gasteiger partial charge < -0.3 is 20.4 Å². The van der Waals surface area contributed by atoms with Crippen LogP contribution in [0.2, 0.25) is 0 Å². The van der Waals surface area contributed by atoms with Gasteiger partial charge in [0.05, 0.1) is 22.3 Å². The average molecular weight is 562 g/mol. The molecule has 5 rings (SSSR count). The van der Waals surface area contributed by atoms with Crippen molar-refractivity contribution in [2.75, 3.05) is 0 Å². The Labute approximate surface area is 235 Å². The number of carboxylic acids is 4. The lowest BCUT2D eigenvalue weighted by Crippen LogP contribution is -2.10. The van der Waals surface area contributed by atoms with Gasteiger partial charge in [-0.25, -0.2) is 19.2 Å². The number of ketones is 2. The summed E-state index contributed by atoms with van der Waals surface area (Å²) in [4.78, 5) is 74.6. The summed E-state index contributed by atoms with van der Waals surface area (Å²) < 4.78 is 0. The number of carbonyl (C=O) groups excluding carboxylic acids is 2. The first-order chi connectivity index (χ1) is 20.0. The van der Waals surface area contributed by atoms with Gasteiger partial charge in [-0.2, -0.15) is 0 Å². The van der Waals surface area contributed by atoms with E-state index in [1.165, 1.54) is 72.8 Å². The zero-order chi connectivity index (χ0) is 30.3. The predicted octanol–water partition coefficient (Wildman–Crippen LogP) is 5.25. The fourth-order valence-electron chi connectivity index (χ4n) is 5.03. The molecule has 10 nitrogen and oxygen atoms in total. The minimum atomic E-state index is -1.37. The highest BCUT2D eigenvalue weighted by Gasteiger charge is 2.24. The Bertz CT molecular complexity index is 1850. The van der Waals surface area contributed by atoms with Gasteiger partial charge in [-0.1, -0.05) is 42.5 Å². The van der Waals surface area contributed by atoms with E-state index in [2.05, 4.69) is 0 Å². The molecule has 0 saturated heterocycles. The maximum absolute atomic E-state index is 13.6. The van der Waals surface area contributed by atoms with Crippen LogP contribution in [0.25, 0.3) is 21.5 Å². The van der Waals surface area contributed by atoms with Crippen LogP contribution in [0, 0.1) is 0 Å².